The smallest absolute Gasteiger partial charge is 0.328 e. The molecule has 2 atom stereocenters. The normalized spacial score (nSPS) is 13.3. The molecule has 0 saturated heterocycles. The van der Waals surface area contributed by atoms with Crippen molar-refractivity contribution in [1.82, 2.24) is 5.32 Å². The number of carbonyl (C=O) groups excluding carboxylic acids is 2. The average molecular weight is 533 g/mol. The van der Waals surface area contributed by atoms with Gasteiger partial charge in [-0.15, -0.1) is 0 Å². The third kappa shape index (κ3) is 6.84. The Morgan fingerprint density at radius 3 is 2.21 bits per heavy atom. The van der Waals surface area contributed by atoms with Crippen LogP contribution < -0.4 is 9.62 Å². The van der Waals surface area contributed by atoms with Gasteiger partial charge in [0.05, 0.1) is 17.7 Å². The largest absolute Gasteiger partial charge is 0.467 e. The van der Waals surface area contributed by atoms with Gasteiger partial charge in [0.15, 0.2) is 0 Å². The Balaban J connectivity index is 2.34. The summed E-state index contributed by atoms with van der Waals surface area (Å²) in [6, 6.07) is 7.38. The van der Waals surface area contributed by atoms with Crippen LogP contribution >= 0.6 is 23.2 Å². The Bertz CT molecular complexity index is 1130. The summed E-state index contributed by atoms with van der Waals surface area (Å²) in [4.78, 5) is 24.3. The Morgan fingerprint density at radius 2 is 1.65 bits per heavy atom. The number of ether oxygens (including phenoxy) is 1. The van der Waals surface area contributed by atoms with E-state index in [9.17, 15) is 22.4 Å². The minimum Gasteiger partial charge on any atom is -0.467 e. The molecule has 0 bridgehead atoms. The van der Waals surface area contributed by atoms with Crippen LogP contribution in [0, 0.1) is 11.7 Å². The molecule has 0 spiro atoms. The molecule has 2 rings (SSSR count). The van der Waals surface area contributed by atoms with Crippen molar-refractivity contribution in [2.24, 2.45) is 5.92 Å². The first-order valence-corrected chi connectivity index (χ1v) is 12.7. The molecule has 0 radical (unpaired) electrons. The lowest BCUT2D eigenvalue weighted by Crippen LogP contribution is -2.45. The number of nitrogens with one attached hydrogen (secondary N) is 1. The Kier molecular flexibility index (Phi) is 9.73. The van der Waals surface area contributed by atoms with E-state index in [1.54, 1.807) is 20.8 Å². The summed E-state index contributed by atoms with van der Waals surface area (Å²) in [6.45, 7) is 5.07. The van der Waals surface area contributed by atoms with E-state index in [4.69, 9.17) is 27.9 Å². The van der Waals surface area contributed by atoms with Crippen LogP contribution in [0.25, 0.3) is 0 Å². The summed E-state index contributed by atoms with van der Waals surface area (Å²) in [5.41, 5.74) is -0.245. The van der Waals surface area contributed by atoms with Gasteiger partial charge < -0.3 is 10.1 Å². The molecule has 0 heterocycles. The number of halogens is 3. The maximum atomic E-state index is 14.8. The zero-order valence-electron chi connectivity index (χ0n) is 19.2. The van der Waals surface area contributed by atoms with Gasteiger partial charge in [0.25, 0.3) is 10.0 Å². The third-order valence-electron chi connectivity index (χ3n) is 5.14. The monoisotopic (exact) mass is 532 g/mol. The highest BCUT2D eigenvalue weighted by Crippen LogP contribution is 2.32. The maximum absolute atomic E-state index is 14.8. The lowest BCUT2D eigenvalue weighted by molar-refractivity contribution is -0.146. The van der Waals surface area contributed by atoms with Gasteiger partial charge in [0, 0.05) is 22.5 Å². The molecule has 1 amide bonds. The highest BCUT2D eigenvalue weighted by molar-refractivity contribution is 7.92. The van der Waals surface area contributed by atoms with Gasteiger partial charge in [-0.2, -0.15) is 0 Å². The fraction of sp³-hybridized carbons (Fsp3) is 0.391. The van der Waals surface area contributed by atoms with E-state index in [2.05, 4.69) is 5.32 Å². The number of amides is 1. The number of esters is 1. The van der Waals surface area contributed by atoms with Crippen molar-refractivity contribution in [3.05, 3.63) is 58.3 Å². The standard InChI is InChI=1S/C23H27Cl2FN2O5S/c1-14(2)22(23(30)33-4)27-21(29)12-5-15(3)28(20-13-17(25)8-11-19(20)26)34(31,32)18-9-6-16(24)7-10-18/h6-11,13-15,22H,5,12H2,1-4H3,(H,27,29)/t15?,22-/m0/s1. The van der Waals surface area contributed by atoms with E-state index in [-0.39, 0.29) is 34.4 Å². The molecule has 0 aliphatic heterocycles. The summed E-state index contributed by atoms with van der Waals surface area (Å²) < 4.78 is 47.4. The van der Waals surface area contributed by atoms with Crippen LogP contribution in [0.5, 0.6) is 0 Å². The highest BCUT2D eigenvalue weighted by atomic mass is 35.5. The number of benzene rings is 2. The van der Waals surface area contributed by atoms with Gasteiger partial charge >= 0.3 is 5.97 Å². The van der Waals surface area contributed by atoms with Gasteiger partial charge in [-0.1, -0.05) is 37.0 Å². The number of hydrogen-bond acceptors (Lipinski definition) is 5. The molecule has 0 saturated carbocycles. The van der Waals surface area contributed by atoms with Crippen LogP contribution in [0.15, 0.2) is 47.4 Å². The Labute approximate surface area is 209 Å². The van der Waals surface area contributed by atoms with Crippen molar-refractivity contribution in [2.75, 3.05) is 11.4 Å². The molecule has 0 aliphatic rings. The maximum Gasteiger partial charge on any atom is 0.328 e. The predicted octanol–water partition coefficient (Wildman–Crippen LogP) is 4.81. The third-order valence-corrected chi connectivity index (χ3v) is 7.57. The minimum absolute atomic E-state index is 0.0383. The molecule has 7 nitrogen and oxygen atoms in total. The van der Waals surface area contributed by atoms with Crippen molar-refractivity contribution in [1.29, 1.82) is 0 Å². The van der Waals surface area contributed by atoms with E-state index in [0.717, 1.165) is 10.4 Å². The summed E-state index contributed by atoms with van der Waals surface area (Å²) >= 11 is 11.9. The van der Waals surface area contributed by atoms with Crippen LogP contribution in [0.3, 0.4) is 0 Å². The molecular formula is C23H27Cl2FN2O5S. The highest BCUT2D eigenvalue weighted by Gasteiger charge is 2.32. The van der Waals surface area contributed by atoms with Gasteiger partial charge in [0.2, 0.25) is 5.91 Å². The van der Waals surface area contributed by atoms with Crippen molar-refractivity contribution < 1.29 is 27.1 Å². The minimum atomic E-state index is -4.24. The molecule has 0 fully saturated rings. The second kappa shape index (κ2) is 11.9. The number of methoxy groups -OCH3 is 1. The predicted molar refractivity (Wildman–Crippen MR) is 130 cm³/mol. The molecule has 0 aliphatic carbocycles. The lowest BCUT2D eigenvalue weighted by atomic mass is 10.0. The quantitative estimate of drug-likeness (QED) is 0.443. The van der Waals surface area contributed by atoms with Gasteiger partial charge in [-0.25, -0.2) is 17.6 Å². The number of nitrogens with zero attached hydrogens (tertiary/aromatic N) is 1. The van der Waals surface area contributed by atoms with Crippen LogP contribution in [0.2, 0.25) is 10.0 Å². The molecule has 2 aromatic carbocycles. The molecule has 34 heavy (non-hydrogen) atoms. The van der Waals surface area contributed by atoms with Crippen molar-refractivity contribution in [2.45, 2.75) is 50.6 Å². The molecule has 2 aromatic rings. The van der Waals surface area contributed by atoms with E-state index in [1.807, 2.05) is 0 Å². The summed E-state index contributed by atoms with van der Waals surface area (Å²) in [7, 11) is -3.01. The number of rotatable bonds is 10. The molecular weight excluding hydrogens is 506 g/mol. The van der Waals surface area contributed by atoms with Gasteiger partial charge in [-0.05, 0) is 61.7 Å². The first kappa shape index (κ1) is 27.9. The van der Waals surface area contributed by atoms with E-state index in [1.165, 1.54) is 43.5 Å². The molecule has 11 heteroatoms. The Morgan fingerprint density at radius 1 is 1.06 bits per heavy atom. The fourth-order valence-electron chi connectivity index (χ4n) is 3.31. The van der Waals surface area contributed by atoms with Gasteiger partial charge in [-0.3, -0.25) is 9.10 Å². The summed E-state index contributed by atoms with van der Waals surface area (Å²) in [5.74, 6) is -2.05. The van der Waals surface area contributed by atoms with Crippen molar-refractivity contribution >= 4 is 50.8 Å². The number of sulfonamides is 1. The Hall–Kier alpha value is -2.36. The summed E-state index contributed by atoms with van der Waals surface area (Å²) in [5, 5.41) is 3.10. The van der Waals surface area contributed by atoms with Crippen molar-refractivity contribution in [3.8, 4) is 0 Å². The van der Waals surface area contributed by atoms with Crippen molar-refractivity contribution in [3.63, 3.8) is 0 Å². The first-order valence-electron chi connectivity index (χ1n) is 10.5. The lowest BCUT2D eigenvalue weighted by Gasteiger charge is -2.31. The van der Waals surface area contributed by atoms with E-state index < -0.39 is 39.8 Å². The fourth-order valence-corrected chi connectivity index (χ4v) is 5.28. The summed E-state index contributed by atoms with van der Waals surface area (Å²) in [6.07, 6.45) is -0.0766. The average Bonchev–Trinajstić information content (AvgIpc) is 2.78. The van der Waals surface area contributed by atoms with E-state index >= 15 is 0 Å². The van der Waals surface area contributed by atoms with E-state index in [0.29, 0.717) is 5.02 Å². The molecule has 1 N–H and O–H groups in total. The van der Waals surface area contributed by atoms with Crippen LogP contribution in [-0.2, 0) is 24.3 Å². The topological polar surface area (TPSA) is 92.8 Å². The number of carbonyl (C=O) groups is 2. The van der Waals surface area contributed by atoms with Crippen LogP contribution in [0.4, 0.5) is 10.1 Å². The first-order chi connectivity index (χ1) is 15.9. The zero-order valence-corrected chi connectivity index (χ0v) is 21.5. The number of anilines is 1. The molecule has 1 unspecified atom stereocenters. The molecule has 0 aromatic heterocycles. The van der Waals surface area contributed by atoms with Crippen LogP contribution in [-0.4, -0.2) is 39.5 Å². The second-order valence-corrected chi connectivity index (χ2v) is 10.7. The number of hydrogen-bond donors (Lipinski definition) is 1. The second-order valence-electron chi connectivity index (χ2n) is 8.05. The molecule has 186 valence electrons. The van der Waals surface area contributed by atoms with Crippen LogP contribution in [0.1, 0.15) is 33.6 Å². The zero-order chi connectivity index (χ0) is 25.6. The SMILES string of the molecule is COC(=O)[C@@H](NC(=O)CCC(C)N(c1cc(Cl)ccc1F)S(=O)(=O)c1ccc(Cl)cc1)C(C)C. The van der Waals surface area contributed by atoms with Gasteiger partial charge in [0.1, 0.15) is 11.9 Å².